The zero-order valence-corrected chi connectivity index (χ0v) is 11.7. The molecule has 114 valence electrons. The number of benzene rings is 1. The molecule has 1 aromatic carbocycles. The quantitative estimate of drug-likeness (QED) is 0.622. The number of hydrogen-bond donors (Lipinski definition) is 3. The minimum absolute atomic E-state index is 0.0858. The summed E-state index contributed by atoms with van der Waals surface area (Å²) in [5, 5.41) is 11.1. The molecule has 7 heteroatoms. The number of nitrogens with two attached hydrogens (primary N) is 1. The maximum absolute atomic E-state index is 11.6. The van der Waals surface area contributed by atoms with Gasteiger partial charge in [-0.2, -0.15) is 0 Å². The zero-order valence-electron chi connectivity index (χ0n) is 11.7. The minimum atomic E-state index is -0.989. The van der Waals surface area contributed by atoms with Gasteiger partial charge in [-0.15, -0.1) is 0 Å². The molecule has 7 nitrogen and oxygen atoms in total. The van der Waals surface area contributed by atoms with Crippen LogP contribution < -0.4 is 11.1 Å². The maximum atomic E-state index is 11.6. The molecule has 0 saturated heterocycles. The number of nitrogens with one attached hydrogen (secondary N) is 1. The van der Waals surface area contributed by atoms with Crippen molar-refractivity contribution in [2.24, 2.45) is 5.73 Å². The molecule has 0 aliphatic rings. The van der Waals surface area contributed by atoms with Crippen LogP contribution in [0.4, 0.5) is 0 Å². The third-order valence-electron chi connectivity index (χ3n) is 2.85. The Morgan fingerprint density at radius 2 is 1.90 bits per heavy atom. The number of aliphatic carboxylic acids is 1. The molecule has 0 aliphatic carbocycles. The summed E-state index contributed by atoms with van der Waals surface area (Å²) in [6.45, 7) is 0.251. The normalized spacial score (nSPS) is 11.5. The number of carboxylic acid groups (broad SMARTS) is 1. The summed E-state index contributed by atoms with van der Waals surface area (Å²) < 4.78 is 4.58. The fourth-order valence-corrected chi connectivity index (χ4v) is 1.61. The Labute approximate surface area is 122 Å². The SMILES string of the molecule is COC(=O)c1ccc(CNC(=O)C(N)CCC(=O)O)cc1. The first-order valence-electron chi connectivity index (χ1n) is 6.36. The van der Waals surface area contributed by atoms with Crippen molar-refractivity contribution in [3.63, 3.8) is 0 Å². The first-order chi connectivity index (χ1) is 9.93. The van der Waals surface area contributed by atoms with Crippen molar-refractivity contribution in [1.82, 2.24) is 5.32 Å². The molecule has 0 bridgehead atoms. The van der Waals surface area contributed by atoms with E-state index in [4.69, 9.17) is 10.8 Å². The lowest BCUT2D eigenvalue weighted by molar-refractivity contribution is -0.137. The third-order valence-corrected chi connectivity index (χ3v) is 2.85. The van der Waals surface area contributed by atoms with Crippen molar-refractivity contribution >= 4 is 17.8 Å². The fourth-order valence-electron chi connectivity index (χ4n) is 1.61. The average Bonchev–Trinajstić information content (AvgIpc) is 2.49. The molecule has 0 spiro atoms. The van der Waals surface area contributed by atoms with E-state index in [1.807, 2.05) is 0 Å². The molecular weight excluding hydrogens is 276 g/mol. The molecule has 1 aromatic rings. The van der Waals surface area contributed by atoms with Gasteiger partial charge in [-0.05, 0) is 24.1 Å². The Hall–Kier alpha value is -2.41. The smallest absolute Gasteiger partial charge is 0.337 e. The molecule has 0 saturated carbocycles. The second-order valence-corrected chi connectivity index (χ2v) is 4.45. The van der Waals surface area contributed by atoms with Crippen molar-refractivity contribution in [3.05, 3.63) is 35.4 Å². The predicted molar refractivity (Wildman–Crippen MR) is 74.5 cm³/mol. The largest absolute Gasteiger partial charge is 0.481 e. The number of carbonyl (C=O) groups excluding carboxylic acids is 2. The van der Waals surface area contributed by atoms with E-state index < -0.39 is 23.9 Å². The van der Waals surface area contributed by atoms with Crippen LogP contribution in [-0.4, -0.2) is 36.1 Å². The molecule has 4 N–H and O–H groups in total. The highest BCUT2D eigenvalue weighted by Crippen LogP contribution is 2.06. The van der Waals surface area contributed by atoms with Crippen molar-refractivity contribution in [2.75, 3.05) is 7.11 Å². The van der Waals surface area contributed by atoms with E-state index >= 15 is 0 Å². The van der Waals surface area contributed by atoms with Crippen LogP contribution in [0.3, 0.4) is 0 Å². The lowest BCUT2D eigenvalue weighted by Crippen LogP contribution is -2.40. The number of methoxy groups -OCH3 is 1. The molecular formula is C14H18N2O5. The van der Waals surface area contributed by atoms with Crippen LogP contribution in [0.15, 0.2) is 24.3 Å². The van der Waals surface area contributed by atoms with E-state index in [-0.39, 0.29) is 19.4 Å². The lowest BCUT2D eigenvalue weighted by Gasteiger charge is -2.11. The Kier molecular flexibility index (Phi) is 6.35. The van der Waals surface area contributed by atoms with Crippen molar-refractivity contribution in [1.29, 1.82) is 0 Å². The van der Waals surface area contributed by atoms with E-state index in [1.54, 1.807) is 24.3 Å². The molecule has 0 radical (unpaired) electrons. The predicted octanol–water partition coefficient (Wildman–Crippen LogP) is 0.282. The molecule has 0 fully saturated rings. The number of carboxylic acids is 1. The third kappa shape index (κ3) is 5.62. The highest BCUT2D eigenvalue weighted by atomic mass is 16.5. The van der Waals surface area contributed by atoms with Crippen LogP contribution in [0, 0.1) is 0 Å². The van der Waals surface area contributed by atoms with Crippen LogP contribution in [0.1, 0.15) is 28.8 Å². The lowest BCUT2D eigenvalue weighted by atomic mass is 10.1. The summed E-state index contributed by atoms with van der Waals surface area (Å²) >= 11 is 0. The molecule has 1 rings (SSSR count). The van der Waals surface area contributed by atoms with Gasteiger partial charge in [-0.1, -0.05) is 12.1 Å². The van der Waals surface area contributed by atoms with Gasteiger partial charge in [0.25, 0.3) is 0 Å². The van der Waals surface area contributed by atoms with Gasteiger partial charge in [-0.25, -0.2) is 4.79 Å². The monoisotopic (exact) mass is 294 g/mol. The van der Waals surface area contributed by atoms with E-state index in [0.29, 0.717) is 5.56 Å². The van der Waals surface area contributed by atoms with Gasteiger partial charge in [0, 0.05) is 13.0 Å². The van der Waals surface area contributed by atoms with Gasteiger partial charge in [0.1, 0.15) is 0 Å². The summed E-state index contributed by atoms with van der Waals surface area (Å²) in [4.78, 5) is 33.3. The van der Waals surface area contributed by atoms with Crippen molar-refractivity contribution in [3.8, 4) is 0 Å². The first-order valence-corrected chi connectivity index (χ1v) is 6.36. The summed E-state index contributed by atoms with van der Waals surface area (Å²) in [7, 11) is 1.30. The number of amides is 1. The van der Waals surface area contributed by atoms with Gasteiger partial charge >= 0.3 is 11.9 Å². The molecule has 0 aliphatic heterocycles. The summed E-state index contributed by atoms with van der Waals surface area (Å²) in [6, 6.07) is 5.72. The number of carbonyl (C=O) groups is 3. The Morgan fingerprint density at radius 1 is 1.29 bits per heavy atom. The molecule has 0 aromatic heterocycles. The topological polar surface area (TPSA) is 119 Å². The highest BCUT2D eigenvalue weighted by molar-refractivity contribution is 5.89. The fraction of sp³-hybridized carbons (Fsp3) is 0.357. The second-order valence-electron chi connectivity index (χ2n) is 4.45. The van der Waals surface area contributed by atoms with Crippen molar-refractivity contribution in [2.45, 2.75) is 25.4 Å². The molecule has 0 heterocycles. The van der Waals surface area contributed by atoms with Gasteiger partial charge in [0.05, 0.1) is 18.7 Å². The molecule has 21 heavy (non-hydrogen) atoms. The van der Waals surface area contributed by atoms with Crippen LogP contribution in [0.5, 0.6) is 0 Å². The summed E-state index contributed by atoms with van der Waals surface area (Å²) in [5.41, 5.74) is 6.79. The number of esters is 1. The summed E-state index contributed by atoms with van der Waals surface area (Å²) in [6.07, 6.45) is -0.0646. The summed E-state index contributed by atoms with van der Waals surface area (Å²) in [5.74, 6) is -1.83. The zero-order chi connectivity index (χ0) is 15.8. The van der Waals surface area contributed by atoms with Gasteiger partial charge in [0.15, 0.2) is 0 Å². The van der Waals surface area contributed by atoms with Crippen LogP contribution >= 0.6 is 0 Å². The van der Waals surface area contributed by atoms with E-state index in [0.717, 1.165) is 5.56 Å². The number of hydrogen-bond acceptors (Lipinski definition) is 5. The second kappa shape index (κ2) is 8.01. The van der Waals surface area contributed by atoms with E-state index in [9.17, 15) is 14.4 Å². The Morgan fingerprint density at radius 3 is 2.43 bits per heavy atom. The Bertz CT molecular complexity index is 513. The molecule has 1 amide bonds. The minimum Gasteiger partial charge on any atom is -0.481 e. The standard InChI is InChI=1S/C14H18N2O5/c1-21-14(20)10-4-2-9(3-5-10)8-16-13(19)11(15)6-7-12(17)18/h2-5,11H,6-8,15H2,1H3,(H,16,19)(H,17,18). The Balaban J connectivity index is 2.45. The van der Waals surface area contributed by atoms with Gasteiger partial charge in [0.2, 0.25) is 5.91 Å². The first kappa shape index (κ1) is 16.6. The number of ether oxygens (including phenoxy) is 1. The van der Waals surface area contributed by atoms with E-state index in [1.165, 1.54) is 7.11 Å². The van der Waals surface area contributed by atoms with Gasteiger partial charge in [-0.3, -0.25) is 9.59 Å². The van der Waals surface area contributed by atoms with Crippen molar-refractivity contribution < 1.29 is 24.2 Å². The number of rotatable bonds is 7. The average molecular weight is 294 g/mol. The van der Waals surface area contributed by atoms with Crippen LogP contribution in [-0.2, 0) is 20.9 Å². The molecule has 1 unspecified atom stereocenters. The van der Waals surface area contributed by atoms with Crippen LogP contribution in [0.25, 0.3) is 0 Å². The maximum Gasteiger partial charge on any atom is 0.337 e. The van der Waals surface area contributed by atoms with Gasteiger partial charge < -0.3 is 20.9 Å². The molecule has 1 atom stereocenters. The highest BCUT2D eigenvalue weighted by Gasteiger charge is 2.14. The van der Waals surface area contributed by atoms with Crippen LogP contribution in [0.2, 0.25) is 0 Å². The van der Waals surface area contributed by atoms with E-state index in [2.05, 4.69) is 10.1 Å².